The zero-order chi connectivity index (χ0) is 11.5. The van der Waals surface area contributed by atoms with E-state index >= 15 is 0 Å². The van der Waals surface area contributed by atoms with Crippen LogP contribution in [0.4, 0.5) is 5.82 Å². The minimum absolute atomic E-state index is 0.322. The van der Waals surface area contributed by atoms with Gasteiger partial charge >= 0.3 is 0 Å². The number of aromatic nitrogens is 2. The lowest BCUT2D eigenvalue weighted by Crippen LogP contribution is -2.44. The number of alkyl halides is 1. The average Bonchev–Trinajstić information content (AvgIpc) is 2.28. The molecular formula is C10H13ClIN3O. The number of hydrogen-bond acceptors (Lipinski definition) is 4. The molecule has 1 aliphatic heterocycles. The minimum atomic E-state index is 0.322. The Morgan fingerprint density at radius 2 is 2.44 bits per heavy atom. The molecule has 0 aliphatic carbocycles. The summed E-state index contributed by atoms with van der Waals surface area (Å²) in [5.74, 6) is 0.905. The lowest BCUT2D eigenvalue weighted by Gasteiger charge is -2.34. The van der Waals surface area contributed by atoms with Crippen LogP contribution < -0.4 is 4.90 Å². The van der Waals surface area contributed by atoms with Gasteiger partial charge in [0.25, 0.3) is 0 Å². The summed E-state index contributed by atoms with van der Waals surface area (Å²) in [6.45, 7) is 4.46. The van der Waals surface area contributed by atoms with E-state index in [-0.39, 0.29) is 0 Å². The molecule has 1 unspecified atom stereocenters. The van der Waals surface area contributed by atoms with E-state index in [2.05, 4.69) is 44.4 Å². The number of nitrogens with zero attached hydrogens (tertiary/aromatic N) is 3. The van der Waals surface area contributed by atoms with Crippen molar-refractivity contribution < 1.29 is 4.74 Å². The van der Waals surface area contributed by atoms with Gasteiger partial charge in [-0.2, -0.15) is 0 Å². The monoisotopic (exact) mass is 353 g/mol. The molecule has 0 saturated carbocycles. The molecule has 0 bridgehead atoms. The number of hydrogen-bond donors (Lipinski definition) is 0. The van der Waals surface area contributed by atoms with Gasteiger partial charge in [0.2, 0.25) is 5.28 Å². The summed E-state index contributed by atoms with van der Waals surface area (Å²) in [5.41, 5.74) is 0.967. The van der Waals surface area contributed by atoms with E-state index in [1.54, 1.807) is 0 Å². The van der Waals surface area contributed by atoms with Gasteiger partial charge in [0.15, 0.2) is 0 Å². The van der Waals surface area contributed by atoms with Crippen LogP contribution in [0.15, 0.2) is 6.07 Å². The zero-order valence-electron chi connectivity index (χ0n) is 8.99. The van der Waals surface area contributed by atoms with Crippen LogP contribution in [-0.4, -0.2) is 35.8 Å². The molecule has 1 fully saturated rings. The fraction of sp³-hybridized carbons (Fsp3) is 0.600. The van der Waals surface area contributed by atoms with E-state index in [0.29, 0.717) is 11.3 Å². The predicted octanol–water partition coefficient (Wildman–Crippen LogP) is 2.29. The molecule has 0 spiro atoms. The Morgan fingerprint density at radius 3 is 3.12 bits per heavy atom. The van der Waals surface area contributed by atoms with Gasteiger partial charge in [-0.25, -0.2) is 9.97 Å². The highest BCUT2D eigenvalue weighted by molar-refractivity contribution is 14.1. The second-order valence-electron chi connectivity index (χ2n) is 3.74. The number of anilines is 1. The molecule has 2 rings (SSSR count). The molecule has 1 atom stereocenters. The van der Waals surface area contributed by atoms with Crippen molar-refractivity contribution >= 4 is 40.0 Å². The second-order valence-corrected chi connectivity index (χ2v) is 4.84. The molecule has 1 aliphatic rings. The van der Waals surface area contributed by atoms with E-state index in [4.69, 9.17) is 16.3 Å². The predicted molar refractivity (Wildman–Crippen MR) is 72.4 cm³/mol. The minimum Gasteiger partial charge on any atom is -0.377 e. The fourth-order valence-electron chi connectivity index (χ4n) is 1.73. The van der Waals surface area contributed by atoms with Gasteiger partial charge in [0.1, 0.15) is 5.82 Å². The van der Waals surface area contributed by atoms with Crippen LogP contribution in [0.3, 0.4) is 0 Å². The Hall–Kier alpha value is -0.140. The van der Waals surface area contributed by atoms with Gasteiger partial charge < -0.3 is 9.64 Å². The van der Waals surface area contributed by atoms with E-state index in [1.807, 2.05) is 6.07 Å². The summed E-state index contributed by atoms with van der Waals surface area (Å²) < 4.78 is 6.24. The Morgan fingerprint density at radius 1 is 1.62 bits per heavy atom. The zero-order valence-corrected chi connectivity index (χ0v) is 11.9. The molecule has 0 N–H and O–H groups in total. The molecule has 4 nitrogen and oxygen atoms in total. The highest BCUT2D eigenvalue weighted by atomic mass is 127. The van der Waals surface area contributed by atoms with Gasteiger partial charge in [-0.15, -0.1) is 0 Å². The Balaban J connectivity index is 2.27. The SMILES string of the molecule is CC1COCCN1c1cc(CI)nc(Cl)n1. The van der Waals surface area contributed by atoms with Crippen LogP contribution in [-0.2, 0) is 9.16 Å². The summed E-state index contributed by atoms with van der Waals surface area (Å²) in [6, 6.07) is 2.34. The number of halogens is 2. The Kier molecular flexibility index (Phi) is 4.21. The summed E-state index contributed by atoms with van der Waals surface area (Å²) >= 11 is 8.18. The smallest absolute Gasteiger partial charge is 0.224 e. The summed E-state index contributed by atoms with van der Waals surface area (Å²) in [6.07, 6.45) is 0. The lowest BCUT2D eigenvalue weighted by atomic mass is 10.2. The van der Waals surface area contributed by atoms with Crippen LogP contribution in [0.1, 0.15) is 12.6 Å². The molecule has 88 valence electrons. The van der Waals surface area contributed by atoms with Crippen LogP contribution in [0.25, 0.3) is 0 Å². The Labute approximate surface area is 113 Å². The highest BCUT2D eigenvalue weighted by Gasteiger charge is 2.21. The van der Waals surface area contributed by atoms with Crippen molar-refractivity contribution in [3.8, 4) is 0 Å². The van der Waals surface area contributed by atoms with Crippen molar-refractivity contribution in [2.45, 2.75) is 17.4 Å². The molecule has 0 amide bonds. The molecule has 1 aromatic heterocycles. The van der Waals surface area contributed by atoms with E-state index < -0.39 is 0 Å². The molecule has 6 heteroatoms. The first-order valence-corrected chi connectivity index (χ1v) is 7.05. The number of morpholine rings is 1. The number of ether oxygens (including phenoxy) is 1. The van der Waals surface area contributed by atoms with E-state index in [1.165, 1.54) is 0 Å². The van der Waals surface area contributed by atoms with Crippen molar-refractivity contribution in [3.63, 3.8) is 0 Å². The topological polar surface area (TPSA) is 38.2 Å². The van der Waals surface area contributed by atoms with Gasteiger partial charge in [-0.3, -0.25) is 0 Å². The maximum atomic E-state index is 5.91. The van der Waals surface area contributed by atoms with Crippen LogP contribution in [0.2, 0.25) is 5.28 Å². The third kappa shape index (κ3) is 2.75. The molecule has 1 saturated heterocycles. The van der Waals surface area contributed by atoms with Crippen molar-refractivity contribution in [1.29, 1.82) is 0 Å². The molecular weight excluding hydrogens is 340 g/mol. The van der Waals surface area contributed by atoms with Crippen LogP contribution in [0.5, 0.6) is 0 Å². The lowest BCUT2D eigenvalue weighted by molar-refractivity contribution is 0.0985. The fourth-order valence-corrected chi connectivity index (χ4v) is 2.32. The standard InChI is InChI=1S/C10H13ClIN3O/c1-7-6-16-3-2-15(7)9-4-8(5-12)13-10(11)14-9/h4,7H,2-3,5-6H2,1H3. The maximum absolute atomic E-state index is 5.91. The largest absolute Gasteiger partial charge is 0.377 e. The summed E-state index contributed by atoms with van der Waals surface area (Å²) in [7, 11) is 0. The van der Waals surface area contributed by atoms with E-state index in [9.17, 15) is 0 Å². The van der Waals surface area contributed by atoms with Crippen molar-refractivity contribution in [2.75, 3.05) is 24.7 Å². The third-order valence-electron chi connectivity index (χ3n) is 2.54. The molecule has 0 aromatic carbocycles. The van der Waals surface area contributed by atoms with Gasteiger partial charge in [0.05, 0.1) is 24.9 Å². The van der Waals surface area contributed by atoms with Crippen LogP contribution >= 0.6 is 34.2 Å². The van der Waals surface area contributed by atoms with Crippen molar-refractivity contribution in [1.82, 2.24) is 9.97 Å². The number of rotatable bonds is 2. The third-order valence-corrected chi connectivity index (χ3v) is 3.49. The quantitative estimate of drug-likeness (QED) is 0.464. The normalized spacial score (nSPS) is 21.2. The highest BCUT2D eigenvalue weighted by Crippen LogP contribution is 2.20. The Bertz CT molecular complexity index is 377. The summed E-state index contributed by atoms with van der Waals surface area (Å²) in [4.78, 5) is 10.7. The van der Waals surface area contributed by atoms with Crippen LogP contribution in [0, 0.1) is 0 Å². The molecule has 16 heavy (non-hydrogen) atoms. The molecule has 2 heterocycles. The van der Waals surface area contributed by atoms with Crippen molar-refractivity contribution in [3.05, 3.63) is 17.0 Å². The van der Waals surface area contributed by atoms with Gasteiger partial charge in [0, 0.05) is 17.0 Å². The van der Waals surface area contributed by atoms with Crippen molar-refractivity contribution in [2.24, 2.45) is 0 Å². The summed E-state index contributed by atoms with van der Waals surface area (Å²) in [5, 5.41) is 0.322. The first kappa shape index (κ1) is 12.3. The maximum Gasteiger partial charge on any atom is 0.224 e. The first-order chi connectivity index (χ1) is 7.70. The van der Waals surface area contributed by atoms with Gasteiger partial charge in [-0.05, 0) is 18.5 Å². The van der Waals surface area contributed by atoms with E-state index in [0.717, 1.165) is 35.7 Å². The van der Waals surface area contributed by atoms with Gasteiger partial charge in [-0.1, -0.05) is 22.6 Å². The average molecular weight is 354 g/mol. The molecule has 1 aromatic rings. The molecule has 0 radical (unpaired) electrons. The first-order valence-electron chi connectivity index (χ1n) is 5.14. The second kappa shape index (κ2) is 5.46.